The van der Waals surface area contributed by atoms with E-state index in [1.54, 1.807) is 25.3 Å². The van der Waals surface area contributed by atoms with Crippen molar-refractivity contribution >= 4 is 35.1 Å². The van der Waals surface area contributed by atoms with E-state index in [4.69, 9.17) is 4.74 Å². The largest absolute Gasteiger partial charge is 0.462 e. The number of halogens is 3. The molecule has 0 saturated heterocycles. The number of nitrogens with one attached hydrogen (secondary N) is 1. The summed E-state index contributed by atoms with van der Waals surface area (Å²) in [6.45, 7) is 2.24. The Morgan fingerprint density at radius 2 is 1.90 bits per heavy atom. The van der Waals surface area contributed by atoms with Gasteiger partial charge in [-0.2, -0.15) is 13.2 Å². The molecule has 0 spiro atoms. The van der Waals surface area contributed by atoms with Crippen LogP contribution >= 0.6 is 11.8 Å². The van der Waals surface area contributed by atoms with Gasteiger partial charge in [-0.15, -0.1) is 11.8 Å². The Morgan fingerprint density at radius 1 is 1.21 bits per heavy atom. The van der Waals surface area contributed by atoms with Crippen LogP contribution in [0.2, 0.25) is 0 Å². The van der Waals surface area contributed by atoms with Gasteiger partial charge in [0.1, 0.15) is 0 Å². The monoisotopic (exact) mass is 424 g/mol. The minimum Gasteiger partial charge on any atom is -0.462 e. The number of rotatable bonds is 4. The van der Waals surface area contributed by atoms with E-state index in [2.05, 4.69) is 5.32 Å². The van der Waals surface area contributed by atoms with Crippen LogP contribution in [0.4, 0.5) is 29.3 Å². The lowest BCUT2D eigenvalue weighted by molar-refractivity contribution is -0.139. The Hall–Kier alpha value is -2.68. The van der Waals surface area contributed by atoms with Crippen molar-refractivity contribution in [3.8, 4) is 0 Å². The molecule has 2 amide bonds. The van der Waals surface area contributed by atoms with E-state index in [9.17, 15) is 22.8 Å². The van der Waals surface area contributed by atoms with Gasteiger partial charge in [0.15, 0.2) is 0 Å². The number of carbonyl (C=O) groups is 2. The lowest BCUT2D eigenvalue weighted by Gasteiger charge is -2.20. The number of esters is 1. The lowest BCUT2D eigenvalue weighted by Crippen LogP contribution is -2.33. The van der Waals surface area contributed by atoms with Crippen molar-refractivity contribution in [1.82, 2.24) is 0 Å². The fraction of sp³-hybridized carbons (Fsp3) is 0.300. The number of amides is 2. The molecule has 0 atom stereocenters. The fourth-order valence-corrected chi connectivity index (χ4v) is 3.77. The van der Waals surface area contributed by atoms with Crippen LogP contribution in [0.25, 0.3) is 0 Å². The highest BCUT2D eigenvalue weighted by atomic mass is 32.2. The summed E-state index contributed by atoms with van der Waals surface area (Å²) in [7, 11) is 0. The van der Waals surface area contributed by atoms with Crippen LogP contribution in [0.15, 0.2) is 41.3 Å². The molecule has 29 heavy (non-hydrogen) atoms. The summed E-state index contributed by atoms with van der Waals surface area (Å²) in [6, 6.07) is 8.12. The van der Waals surface area contributed by atoms with E-state index in [1.165, 1.54) is 23.1 Å². The van der Waals surface area contributed by atoms with Crippen LogP contribution in [0.1, 0.15) is 28.4 Å². The van der Waals surface area contributed by atoms with Gasteiger partial charge >= 0.3 is 18.2 Å². The molecule has 1 aliphatic rings. The quantitative estimate of drug-likeness (QED) is 0.542. The zero-order valence-corrected chi connectivity index (χ0v) is 16.6. The van der Waals surface area contributed by atoms with Crippen LogP contribution in [0.3, 0.4) is 0 Å². The number of nitrogens with zero attached hydrogens (tertiary/aromatic N) is 1. The summed E-state index contributed by atoms with van der Waals surface area (Å²) in [5.41, 5.74) is 0.984. The Bertz CT molecular complexity index is 930. The third kappa shape index (κ3) is 4.50. The molecule has 154 valence electrons. The van der Waals surface area contributed by atoms with Crippen molar-refractivity contribution in [3.63, 3.8) is 0 Å². The first kappa shape index (κ1) is 21.0. The van der Waals surface area contributed by atoms with E-state index < -0.39 is 23.7 Å². The predicted octanol–water partition coefficient (Wildman–Crippen LogP) is 5.20. The number of hydrogen-bond donors (Lipinski definition) is 1. The van der Waals surface area contributed by atoms with Crippen LogP contribution in [0.5, 0.6) is 0 Å². The number of fused-ring (bicyclic) bond motifs is 1. The second-order valence-electron chi connectivity index (χ2n) is 6.31. The average Bonchev–Trinajstić information content (AvgIpc) is 3.10. The van der Waals surface area contributed by atoms with Crippen LogP contribution in [-0.2, 0) is 17.3 Å². The molecule has 0 saturated carbocycles. The number of thioether (sulfide) groups is 1. The molecule has 0 aliphatic carbocycles. The van der Waals surface area contributed by atoms with Crippen LogP contribution < -0.4 is 10.2 Å². The normalized spacial score (nSPS) is 13.2. The van der Waals surface area contributed by atoms with E-state index >= 15 is 0 Å². The molecular formula is C20H19F3N2O3S. The highest BCUT2D eigenvalue weighted by Gasteiger charge is 2.36. The summed E-state index contributed by atoms with van der Waals surface area (Å²) in [5.74, 6) is -0.469. The van der Waals surface area contributed by atoms with Gasteiger partial charge in [-0.1, -0.05) is 0 Å². The van der Waals surface area contributed by atoms with Gasteiger partial charge in [-0.05, 0) is 61.6 Å². The van der Waals surface area contributed by atoms with Crippen molar-refractivity contribution in [2.24, 2.45) is 0 Å². The minimum atomic E-state index is -4.50. The first-order valence-corrected chi connectivity index (χ1v) is 10.1. The highest BCUT2D eigenvalue weighted by molar-refractivity contribution is 7.98. The summed E-state index contributed by atoms with van der Waals surface area (Å²) < 4.78 is 45.0. The number of ether oxygens (including phenoxy) is 1. The molecule has 2 aromatic carbocycles. The van der Waals surface area contributed by atoms with Crippen LogP contribution in [-0.4, -0.2) is 31.4 Å². The summed E-state index contributed by atoms with van der Waals surface area (Å²) in [5, 5.41) is 2.66. The topological polar surface area (TPSA) is 58.6 Å². The Labute approximate surface area is 170 Å². The van der Waals surface area contributed by atoms with Gasteiger partial charge in [0.05, 0.1) is 17.7 Å². The minimum absolute atomic E-state index is 0.146. The second kappa shape index (κ2) is 8.36. The predicted molar refractivity (Wildman–Crippen MR) is 106 cm³/mol. The van der Waals surface area contributed by atoms with Crippen LogP contribution in [0, 0.1) is 0 Å². The molecule has 5 nitrogen and oxygen atoms in total. The SMILES string of the molecule is CCOC(=O)c1ccc(NC(=O)N2CCc3cc(SC)c(C(F)(F)F)cc32)cc1. The first-order valence-electron chi connectivity index (χ1n) is 8.88. The van der Waals surface area contributed by atoms with Crippen molar-refractivity contribution in [2.45, 2.75) is 24.4 Å². The second-order valence-corrected chi connectivity index (χ2v) is 7.16. The third-order valence-electron chi connectivity index (χ3n) is 4.49. The number of hydrogen-bond acceptors (Lipinski definition) is 4. The number of benzene rings is 2. The number of anilines is 2. The van der Waals surface area contributed by atoms with Crippen molar-refractivity contribution in [3.05, 3.63) is 53.1 Å². The van der Waals surface area contributed by atoms with Gasteiger partial charge in [0.25, 0.3) is 0 Å². The molecule has 3 rings (SSSR count). The number of carbonyl (C=O) groups excluding carboxylic acids is 2. The van der Waals surface area contributed by atoms with E-state index in [0.717, 1.165) is 17.8 Å². The fourth-order valence-electron chi connectivity index (χ4n) is 3.11. The van der Waals surface area contributed by atoms with Crippen molar-refractivity contribution in [1.29, 1.82) is 0 Å². The molecule has 0 radical (unpaired) electrons. The molecule has 1 heterocycles. The highest BCUT2D eigenvalue weighted by Crippen LogP contribution is 2.42. The maximum absolute atomic E-state index is 13.4. The summed E-state index contributed by atoms with van der Waals surface area (Å²) in [4.78, 5) is 25.8. The third-order valence-corrected chi connectivity index (χ3v) is 5.27. The molecule has 0 bridgehead atoms. The summed E-state index contributed by atoms with van der Waals surface area (Å²) in [6.07, 6.45) is -2.42. The number of alkyl halides is 3. The maximum Gasteiger partial charge on any atom is 0.417 e. The van der Waals surface area contributed by atoms with Gasteiger partial charge in [0.2, 0.25) is 0 Å². The molecule has 2 aromatic rings. The van der Waals surface area contributed by atoms with Crippen molar-refractivity contribution in [2.75, 3.05) is 29.6 Å². The van der Waals surface area contributed by atoms with E-state index in [0.29, 0.717) is 23.2 Å². The molecule has 0 aromatic heterocycles. The molecule has 1 N–H and O–H groups in total. The average molecular weight is 424 g/mol. The lowest BCUT2D eigenvalue weighted by atomic mass is 10.1. The zero-order chi connectivity index (χ0) is 21.2. The van der Waals surface area contributed by atoms with Gasteiger partial charge in [-0.3, -0.25) is 4.90 Å². The maximum atomic E-state index is 13.4. The number of urea groups is 1. The Balaban J connectivity index is 1.80. The smallest absolute Gasteiger partial charge is 0.417 e. The van der Waals surface area contributed by atoms with E-state index in [1.807, 2.05) is 0 Å². The van der Waals surface area contributed by atoms with Gasteiger partial charge < -0.3 is 10.1 Å². The molecule has 0 unspecified atom stereocenters. The molecule has 0 fully saturated rings. The molecule has 1 aliphatic heterocycles. The molecule has 9 heteroatoms. The van der Waals surface area contributed by atoms with E-state index in [-0.39, 0.29) is 23.7 Å². The van der Waals surface area contributed by atoms with Crippen molar-refractivity contribution < 1.29 is 27.5 Å². The standard InChI is InChI=1S/C20H19F3N2O3S/c1-3-28-18(26)12-4-6-14(7-5-12)24-19(27)25-9-8-13-10-17(29-2)15(11-16(13)25)20(21,22)23/h4-7,10-11H,3,8-9H2,1-2H3,(H,24,27). The molecular weight excluding hydrogens is 405 g/mol. The first-order chi connectivity index (χ1) is 13.7. The van der Waals surface area contributed by atoms with Gasteiger partial charge in [-0.25, -0.2) is 9.59 Å². The van der Waals surface area contributed by atoms with Gasteiger partial charge in [0, 0.05) is 22.8 Å². The zero-order valence-electron chi connectivity index (χ0n) is 15.8. The Kier molecular flexibility index (Phi) is 6.07. The Morgan fingerprint density at radius 3 is 2.48 bits per heavy atom. The summed E-state index contributed by atoms with van der Waals surface area (Å²) >= 11 is 1.03.